The fraction of sp³-hybridized carbons (Fsp3) is 0.600. The lowest BCUT2D eigenvalue weighted by molar-refractivity contribution is 0.0923. The Morgan fingerprint density at radius 3 is 2.86 bits per heavy atom. The molecule has 2 heterocycles. The molecule has 0 amide bonds. The highest BCUT2D eigenvalue weighted by Gasteiger charge is 2.44. The third-order valence-electron chi connectivity index (χ3n) is 4.67. The lowest BCUT2D eigenvalue weighted by atomic mass is 9.84. The summed E-state index contributed by atoms with van der Waals surface area (Å²) < 4.78 is 24.7. The van der Waals surface area contributed by atoms with Crippen molar-refractivity contribution in [2.45, 2.75) is 23.3 Å². The van der Waals surface area contributed by atoms with Gasteiger partial charge in [-0.3, -0.25) is 4.90 Å². The zero-order chi connectivity index (χ0) is 14.9. The predicted molar refractivity (Wildman–Crippen MR) is 87.4 cm³/mol. The summed E-state index contributed by atoms with van der Waals surface area (Å²) in [5.74, 6) is 2.47. The lowest BCUT2D eigenvalue weighted by Gasteiger charge is -2.46. The number of nitrogens with two attached hydrogens (primary N) is 1. The maximum absolute atomic E-state index is 12.4. The Labute approximate surface area is 131 Å². The first kappa shape index (κ1) is 15.3. The molecule has 0 aliphatic carbocycles. The zero-order valence-corrected chi connectivity index (χ0v) is 13.8. The maximum atomic E-state index is 12.4. The summed E-state index contributed by atoms with van der Waals surface area (Å²) in [6.45, 7) is 2.46. The fourth-order valence-electron chi connectivity index (χ4n) is 3.51. The minimum Gasteiger partial charge on any atom is -0.328 e. The SMILES string of the molecule is NCC1(N2CCCSCC2)CCS(=O)(=O)c2ccccc21. The number of hydrogen-bond donors (Lipinski definition) is 1. The molecule has 21 heavy (non-hydrogen) atoms. The van der Waals surface area contributed by atoms with E-state index in [0.29, 0.717) is 17.9 Å². The number of hydrogen-bond acceptors (Lipinski definition) is 5. The molecule has 1 atom stereocenters. The van der Waals surface area contributed by atoms with Crippen LogP contribution in [0.5, 0.6) is 0 Å². The normalized spacial score (nSPS) is 29.6. The third kappa shape index (κ3) is 2.63. The minimum atomic E-state index is -3.16. The molecule has 0 bridgehead atoms. The molecule has 1 aromatic carbocycles. The van der Waals surface area contributed by atoms with E-state index in [4.69, 9.17) is 5.73 Å². The molecular weight excluding hydrogens is 304 g/mol. The summed E-state index contributed by atoms with van der Waals surface area (Å²) in [5, 5.41) is 0. The van der Waals surface area contributed by atoms with Crippen LogP contribution in [0.25, 0.3) is 0 Å². The lowest BCUT2D eigenvalue weighted by Crippen LogP contribution is -2.55. The second kappa shape index (κ2) is 5.91. The minimum absolute atomic E-state index is 0.199. The maximum Gasteiger partial charge on any atom is 0.178 e. The van der Waals surface area contributed by atoms with Crippen molar-refractivity contribution < 1.29 is 8.42 Å². The van der Waals surface area contributed by atoms with Crippen molar-refractivity contribution in [2.24, 2.45) is 5.73 Å². The monoisotopic (exact) mass is 326 g/mol. The van der Waals surface area contributed by atoms with Gasteiger partial charge in [0.1, 0.15) is 0 Å². The average Bonchev–Trinajstić information content (AvgIpc) is 2.78. The highest BCUT2D eigenvalue weighted by atomic mass is 32.2. The molecule has 4 nitrogen and oxygen atoms in total. The van der Waals surface area contributed by atoms with Crippen LogP contribution in [-0.4, -0.2) is 50.2 Å². The predicted octanol–water partition coefficient (Wildman–Crippen LogP) is 1.46. The number of fused-ring (bicyclic) bond motifs is 1. The van der Waals surface area contributed by atoms with E-state index in [9.17, 15) is 8.42 Å². The molecule has 1 aromatic rings. The Morgan fingerprint density at radius 1 is 1.24 bits per heavy atom. The van der Waals surface area contributed by atoms with Crippen molar-refractivity contribution in [3.8, 4) is 0 Å². The van der Waals surface area contributed by atoms with Gasteiger partial charge in [0.2, 0.25) is 0 Å². The molecule has 1 unspecified atom stereocenters. The molecule has 116 valence electrons. The quantitative estimate of drug-likeness (QED) is 0.891. The summed E-state index contributed by atoms with van der Waals surface area (Å²) >= 11 is 1.97. The van der Waals surface area contributed by atoms with Gasteiger partial charge in [-0.15, -0.1) is 0 Å². The molecule has 0 spiro atoms. The number of sulfone groups is 1. The molecular formula is C15H22N2O2S2. The molecule has 0 radical (unpaired) electrons. The van der Waals surface area contributed by atoms with E-state index in [2.05, 4.69) is 4.90 Å². The number of rotatable bonds is 2. The van der Waals surface area contributed by atoms with Gasteiger partial charge in [-0.2, -0.15) is 11.8 Å². The van der Waals surface area contributed by atoms with Crippen LogP contribution in [-0.2, 0) is 15.4 Å². The van der Waals surface area contributed by atoms with Gasteiger partial charge in [0, 0.05) is 18.8 Å². The van der Waals surface area contributed by atoms with Gasteiger partial charge in [-0.05, 0) is 36.8 Å². The van der Waals surface area contributed by atoms with Gasteiger partial charge < -0.3 is 5.73 Å². The number of benzene rings is 1. The van der Waals surface area contributed by atoms with Crippen LogP contribution in [0.15, 0.2) is 29.2 Å². The fourth-order valence-corrected chi connectivity index (χ4v) is 6.11. The van der Waals surface area contributed by atoms with Crippen LogP contribution in [0.4, 0.5) is 0 Å². The first-order chi connectivity index (χ1) is 10.1. The molecule has 0 aromatic heterocycles. The Balaban J connectivity index is 2.10. The molecule has 6 heteroatoms. The van der Waals surface area contributed by atoms with Gasteiger partial charge in [0.05, 0.1) is 16.2 Å². The summed E-state index contributed by atoms with van der Waals surface area (Å²) in [6.07, 6.45) is 1.74. The van der Waals surface area contributed by atoms with E-state index in [0.717, 1.165) is 30.8 Å². The van der Waals surface area contributed by atoms with E-state index in [1.807, 2.05) is 23.9 Å². The summed E-state index contributed by atoms with van der Waals surface area (Å²) in [6, 6.07) is 7.43. The standard InChI is InChI=1S/C15H22N2O2S2/c16-12-15(17-7-3-9-20-10-8-17)6-11-21(18,19)14-5-2-1-4-13(14)15/h1-2,4-5H,3,6-12,16H2. The Hall–Kier alpha value is -0.560. The average molecular weight is 326 g/mol. The highest BCUT2D eigenvalue weighted by molar-refractivity contribution is 7.99. The zero-order valence-electron chi connectivity index (χ0n) is 12.1. The first-order valence-electron chi connectivity index (χ1n) is 7.45. The Morgan fingerprint density at radius 2 is 2.05 bits per heavy atom. The second-order valence-corrected chi connectivity index (χ2v) is 9.06. The van der Waals surface area contributed by atoms with Crippen molar-refractivity contribution in [1.82, 2.24) is 4.90 Å². The Bertz CT molecular complexity index is 610. The molecule has 1 fully saturated rings. The van der Waals surface area contributed by atoms with Crippen LogP contribution in [0.2, 0.25) is 0 Å². The smallest absolute Gasteiger partial charge is 0.178 e. The van der Waals surface area contributed by atoms with Crippen molar-refractivity contribution >= 4 is 21.6 Å². The van der Waals surface area contributed by atoms with E-state index in [-0.39, 0.29) is 11.3 Å². The highest BCUT2D eigenvalue weighted by Crippen LogP contribution is 2.41. The topological polar surface area (TPSA) is 63.4 Å². The molecule has 2 N–H and O–H groups in total. The van der Waals surface area contributed by atoms with Crippen LogP contribution in [0.3, 0.4) is 0 Å². The molecule has 0 saturated carbocycles. The molecule has 1 saturated heterocycles. The van der Waals surface area contributed by atoms with Crippen LogP contribution < -0.4 is 5.73 Å². The van der Waals surface area contributed by atoms with Crippen molar-refractivity contribution in [3.63, 3.8) is 0 Å². The van der Waals surface area contributed by atoms with Crippen LogP contribution in [0.1, 0.15) is 18.4 Å². The van der Waals surface area contributed by atoms with Gasteiger partial charge in [-0.1, -0.05) is 18.2 Å². The van der Waals surface area contributed by atoms with Crippen molar-refractivity contribution in [3.05, 3.63) is 29.8 Å². The van der Waals surface area contributed by atoms with E-state index in [1.165, 1.54) is 5.75 Å². The van der Waals surface area contributed by atoms with E-state index in [1.54, 1.807) is 12.1 Å². The Kier molecular flexibility index (Phi) is 4.32. The van der Waals surface area contributed by atoms with Crippen molar-refractivity contribution in [2.75, 3.05) is 36.9 Å². The summed E-state index contributed by atoms with van der Waals surface area (Å²) in [5.41, 5.74) is 6.78. The van der Waals surface area contributed by atoms with Crippen LogP contribution >= 0.6 is 11.8 Å². The van der Waals surface area contributed by atoms with Gasteiger partial charge in [0.15, 0.2) is 9.84 Å². The van der Waals surface area contributed by atoms with E-state index >= 15 is 0 Å². The first-order valence-corrected chi connectivity index (χ1v) is 10.3. The van der Waals surface area contributed by atoms with Gasteiger partial charge in [-0.25, -0.2) is 8.42 Å². The number of nitrogens with zero attached hydrogens (tertiary/aromatic N) is 1. The van der Waals surface area contributed by atoms with E-state index < -0.39 is 9.84 Å². The molecule has 3 rings (SSSR count). The summed E-state index contributed by atoms with van der Waals surface area (Å²) in [4.78, 5) is 2.92. The van der Waals surface area contributed by atoms with Crippen LogP contribution in [0, 0.1) is 0 Å². The second-order valence-electron chi connectivity index (χ2n) is 5.75. The van der Waals surface area contributed by atoms with Gasteiger partial charge >= 0.3 is 0 Å². The largest absolute Gasteiger partial charge is 0.328 e. The third-order valence-corrected chi connectivity index (χ3v) is 7.49. The molecule has 2 aliphatic rings. The summed E-state index contributed by atoms with van der Waals surface area (Å²) in [7, 11) is -3.16. The molecule has 2 aliphatic heterocycles. The van der Waals surface area contributed by atoms with Crippen molar-refractivity contribution in [1.29, 1.82) is 0 Å². The number of thioether (sulfide) groups is 1. The van der Waals surface area contributed by atoms with Gasteiger partial charge in [0.25, 0.3) is 0 Å².